The topological polar surface area (TPSA) is 89.8 Å². The molecular formula is C15H25N5. The van der Waals surface area contributed by atoms with Crippen LogP contribution in [0.2, 0.25) is 0 Å². The summed E-state index contributed by atoms with van der Waals surface area (Å²) < 4.78 is 0. The number of nitrogens with zero attached hydrogens (tertiary/aromatic N) is 2. The molecule has 110 valence electrons. The van der Waals surface area contributed by atoms with E-state index in [9.17, 15) is 0 Å². The van der Waals surface area contributed by atoms with Crippen LogP contribution in [-0.4, -0.2) is 22.6 Å². The third-order valence-corrected chi connectivity index (χ3v) is 5.16. The summed E-state index contributed by atoms with van der Waals surface area (Å²) >= 11 is 0. The highest BCUT2D eigenvalue weighted by Gasteiger charge is 2.35. The summed E-state index contributed by atoms with van der Waals surface area (Å²) in [6.45, 7) is 3.26. The Bertz CT molecular complexity index is 472. The molecule has 3 rings (SSSR count). The molecule has 2 aliphatic rings. The van der Waals surface area contributed by atoms with E-state index in [4.69, 9.17) is 11.5 Å². The summed E-state index contributed by atoms with van der Waals surface area (Å²) in [5.74, 6) is 1.69. The van der Waals surface area contributed by atoms with Crippen molar-refractivity contribution in [3.8, 4) is 0 Å². The molecule has 0 atom stereocenters. The van der Waals surface area contributed by atoms with Gasteiger partial charge < -0.3 is 16.8 Å². The van der Waals surface area contributed by atoms with Crippen molar-refractivity contribution < 1.29 is 0 Å². The van der Waals surface area contributed by atoms with Crippen molar-refractivity contribution >= 4 is 11.8 Å². The minimum absolute atomic E-state index is 0.325. The number of aromatic nitrogens is 2. The van der Waals surface area contributed by atoms with Crippen molar-refractivity contribution in [1.29, 1.82) is 0 Å². The minimum atomic E-state index is 0.325. The van der Waals surface area contributed by atoms with Gasteiger partial charge in [0.25, 0.3) is 0 Å². The fourth-order valence-electron chi connectivity index (χ4n) is 3.30. The van der Waals surface area contributed by atoms with Crippen molar-refractivity contribution in [1.82, 2.24) is 9.97 Å². The summed E-state index contributed by atoms with van der Waals surface area (Å²) in [5.41, 5.74) is 13.2. The highest BCUT2D eigenvalue weighted by Crippen LogP contribution is 2.43. The van der Waals surface area contributed by atoms with Crippen LogP contribution < -0.4 is 16.8 Å². The van der Waals surface area contributed by atoms with Crippen LogP contribution in [0.25, 0.3) is 0 Å². The lowest BCUT2D eigenvalue weighted by Crippen LogP contribution is -2.36. The molecule has 0 aliphatic heterocycles. The van der Waals surface area contributed by atoms with Gasteiger partial charge in [0.15, 0.2) is 0 Å². The zero-order chi connectivity index (χ0) is 14.2. The smallest absolute Gasteiger partial charge is 0.222 e. The van der Waals surface area contributed by atoms with E-state index in [1.807, 2.05) is 0 Å². The van der Waals surface area contributed by atoms with Crippen molar-refractivity contribution in [3.05, 3.63) is 11.8 Å². The zero-order valence-corrected chi connectivity index (χ0v) is 12.2. The van der Waals surface area contributed by atoms with Gasteiger partial charge in [-0.3, -0.25) is 0 Å². The molecule has 2 aliphatic carbocycles. The number of anilines is 2. The lowest BCUT2D eigenvalue weighted by Gasteiger charge is -2.41. The number of hydrogen-bond acceptors (Lipinski definition) is 5. The number of rotatable bonds is 5. The summed E-state index contributed by atoms with van der Waals surface area (Å²) in [7, 11) is 0. The lowest BCUT2D eigenvalue weighted by molar-refractivity contribution is 0.145. The largest absolute Gasteiger partial charge is 0.369 e. The molecule has 0 saturated heterocycles. The molecule has 1 heterocycles. The van der Waals surface area contributed by atoms with Gasteiger partial charge in [0.1, 0.15) is 5.82 Å². The van der Waals surface area contributed by atoms with E-state index in [1.165, 1.54) is 25.7 Å². The lowest BCUT2D eigenvalue weighted by atomic mass is 9.67. The maximum atomic E-state index is 5.85. The van der Waals surface area contributed by atoms with E-state index in [0.29, 0.717) is 23.3 Å². The van der Waals surface area contributed by atoms with Crippen LogP contribution >= 0.6 is 0 Å². The number of nitrogen functional groups attached to an aromatic ring is 1. The van der Waals surface area contributed by atoms with Crippen molar-refractivity contribution in [3.63, 3.8) is 0 Å². The van der Waals surface area contributed by atoms with Gasteiger partial charge in [0, 0.05) is 24.6 Å². The van der Waals surface area contributed by atoms with E-state index < -0.39 is 0 Å². The Labute approximate surface area is 120 Å². The second-order valence-corrected chi connectivity index (χ2v) is 6.53. The molecule has 5 heteroatoms. The maximum absolute atomic E-state index is 5.85. The van der Waals surface area contributed by atoms with Gasteiger partial charge in [0.2, 0.25) is 5.95 Å². The van der Waals surface area contributed by atoms with Crippen LogP contribution in [-0.2, 0) is 0 Å². The van der Waals surface area contributed by atoms with Crippen molar-refractivity contribution in [2.24, 2.45) is 11.1 Å². The molecule has 0 spiro atoms. The normalized spacial score (nSPS) is 27.5. The van der Waals surface area contributed by atoms with Gasteiger partial charge in [-0.05, 0) is 37.5 Å². The highest BCUT2D eigenvalue weighted by molar-refractivity contribution is 5.42. The van der Waals surface area contributed by atoms with Crippen molar-refractivity contribution in [2.45, 2.75) is 57.4 Å². The maximum Gasteiger partial charge on any atom is 0.222 e. The molecule has 0 radical (unpaired) electrons. The highest BCUT2D eigenvalue weighted by atomic mass is 15.1. The quantitative estimate of drug-likeness (QED) is 0.767. The van der Waals surface area contributed by atoms with Crippen LogP contribution in [0.1, 0.15) is 57.1 Å². The van der Waals surface area contributed by atoms with E-state index in [2.05, 4.69) is 28.3 Å². The molecule has 0 bridgehead atoms. The summed E-state index contributed by atoms with van der Waals surface area (Å²) in [6, 6.07) is 2.38. The first-order valence-electron chi connectivity index (χ1n) is 7.74. The zero-order valence-electron chi connectivity index (χ0n) is 12.2. The Balaban J connectivity index is 1.66. The predicted molar refractivity (Wildman–Crippen MR) is 81.5 cm³/mol. The van der Waals surface area contributed by atoms with E-state index in [1.54, 1.807) is 0 Å². The van der Waals surface area contributed by atoms with Gasteiger partial charge in [-0.2, -0.15) is 4.98 Å². The van der Waals surface area contributed by atoms with Crippen LogP contribution in [0.4, 0.5) is 11.8 Å². The minimum Gasteiger partial charge on any atom is -0.369 e. The molecule has 5 N–H and O–H groups in total. The Morgan fingerprint density at radius 3 is 2.65 bits per heavy atom. The molecule has 0 aromatic carbocycles. The second kappa shape index (κ2) is 5.20. The van der Waals surface area contributed by atoms with Crippen LogP contribution in [0.15, 0.2) is 6.07 Å². The summed E-state index contributed by atoms with van der Waals surface area (Å²) in [5, 5.41) is 3.47. The van der Waals surface area contributed by atoms with Gasteiger partial charge in [-0.1, -0.05) is 13.3 Å². The third-order valence-electron chi connectivity index (χ3n) is 5.16. The van der Waals surface area contributed by atoms with Crippen LogP contribution in [0.3, 0.4) is 0 Å². The molecule has 0 unspecified atom stereocenters. The van der Waals surface area contributed by atoms with E-state index in [-0.39, 0.29) is 0 Å². The summed E-state index contributed by atoms with van der Waals surface area (Å²) in [6.07, 6.45) is 7.24. The Kier molecular flexibility index (Phi) is 3.54. The van der Waals surface area contributed by atoms with Crippen LogP contribution in [0.5, 0.6) is 0 Å². The average molecular weight is 275 g/mol. The second-order valence-electron chi connectivity index (χ2n) is 6.53. The molecule has 5 nitrogen and oxygen atoms in total. The van der Waals surface area contributed by atoms with E-state index in [0.717, 1.165) is 30.9 Å². The van der Waals surface area contributed by atoms with Crippen molar-refractivity contribution in [2.75, 3.05) is 17.6 Å². The van der Waals surface area contributed by atoms with Crippen LogP contribution in [0, 0.1) is 5.41 Å². The fourth-order valence-corrected chi connectivity index (χ4v) is 3.30. The monoisotopic (exact) mass is 275 g/mol. The van der Waals surface area contributed by atoms with Gasteiger partial charge in [0.05, 0.1) is 5.69 Å². The number of nitrogens with two attached hydrogens (primary N) is 2. The first-order chi connectivity index (χ1) is 9.60. The third kappa shape index (κ3) is 2.59. The Hall–Kier alpha value is -1.36. The Morgan fingerprint density at radius 2 is 2.10 bits per heavy atom. The fraction of sp³-hybridized carbons (Fsp3) is 0.733. The molecule has 20 heavy (non-hydrogen) atoms. The van der Waals surface area contributed by atoms with E-state index >= 15 is 0 Å². The van der Waals surface area contributed by atoms with Gasteiger partial charge in [-0.25, -0.2) is 4.98 Å². The molecule has 0 amide bonds. The Morgan fingerprint density at radius 1 is 1.35 bits per heavy atom. The average Bonchev–Trinajstić information content (AvgIpc) is 2.33. The first kappa shape index (κ1) is 13.6. The molecule has 2 fully saturated rings. The molecule has 2 saturated carbocycles. The summed E-state index contributed by atoms with van der Waals surface area (Å²) in [4.78, 5) is 8.67. The number of hydrogen-bond donors (Lipinski definition) is 3. The molecule has 1 aromatic rings. The standard InChI is InChI=1S/C15H25N5/c1-2-15(4-3-5-15)9-18-13-8-12(19-14(17)20-13)10-6-11(16)7-10/h8,10-11H,2-7,9,16H2,1H3,(H3,17,18,19,20). The number of nitrogens with one attached hydrogen (secondary N) is 1. The first-order valence-corrected chi connectivity index (χ1v) is 7.74. The molecular weight excluding hydrogens is 250 g/mol. The van der Waals surface area contributed by atoms with Gasteiger partial charge in [-0.15, -0.1) is 0 Å². The van der Waals surface area contributed by atoms with Gasteiger partial charge >= 0.3 is 0 Å². The molecule has 1 aromatic heterocycles. The predicted octanol–water partition coefficient (Wildman–Crippen LogP) is 2.26. The SMILES string of the molecule is CCC1(CNc2cc(C3CC(N)C3)nc(N)n2)CCC1.